The van der Waals surface area contributed by atoms with Crippen molar-refractivity contribution < 1.29 is 27.3 Å². The summed E-state index contributed by atoms with van der Waals surface area (Å²) in [5.74, 6) is -2.02. The van der Waals surface area contributed by atoms with Crippen LogP contribution >= 0.6 is 0 Å². The van der Waals surface area contributed by atoms with E-state index in [1.54, 1.807) is 6.07 Å². The van der Waals surface area contributed by atoms with Crippen molar-refractivity contribution in [1.29, 1.82) is 0 Å². The van der Waals surface area contributed by atoms with Gasteiger partial charge in [-0.2, -0.15) is 13.2 Å². The molecule has 2 bridgehead atoms. The van der Waals surface area contributed by atoms with Crippen molar-refractivity contribution in [2.24, 2.45) is 5.92 Å². The number of fused-ring (bicyclic) bond motifs is 4. The number of aromatic nitrogens is 2. The van der Waals surface area contributed by atoms with Crippen LogP contribution in [0.25, 0.3) is 0 Å². The number of hydrogen-bond acceptors (Lipinski definition) is 6. The molecule has 29 heavy (non-hydrogen) atoms. The Morgan fingerprint density at radius 2 is 2.14 bits per heavy atom. The maximum absolute atomic E-state index is 12.8. The van der Waals surface area contributed by atoms with E-state index in [1.165, 1.54) is 23.3 Å². The zero-order valence-corrected chi connectivity index (χ0v) is 15.4. The van der Waals surface area contributed by atoms with Crippen molar-refractivity contribution in [3.63, 3.8) is 0 Å². The number of halogens is 3. The number of nitrogens with zero attached hydrogens (tertiary/aromatic N) is 4. The van der Waals surface area contributed by atoms with E-state index in [0.29, 0.717) is 25.2 Å². The molecule has 1 saturated heterocycles. The van der Waals surface area contributed by atoms with Gasteiger partial charge in [-0.15, -0.1) is 0 Å². The van der Waals surface area contributed by atoms with Gasteiger partial charge in [0.05, 0.1) is 17.6 Å². The standard InChI is InChI=1S/C18H18F3N5O3/c1-10(18(19,20)21)8-14(27)12-2-3-13-16(22-12)26(11-4-6-25(13)9-11)17(28)23-15-5-7-29-24-15/h2-3,5,7,10-11H,4,6,8-9H2,1H3,(H,23,24,28)/t10-,11-/m0/s1. The normalized spacial score (nSPS) is 19.1. The first-order chi connectivity index (χ1) is 13.7. The number of ketones is 1. The number of alkyl halides is 3. The van der Waals surface area contributed by atoms with E-state index >= 15 is 0 Å². The summed E-state index contributed by atoms with van der Waals surface area (Å²) in [6, 6.07) is 3.87. The second-order valence-corrected chi connectivity index (χ2v) is 7.18. The average molecular weight is 409 g/mol. The fourth-order valence-electron chi connectivity index (χ4n) is 3.57. The molecule has 2 aliphatic rings. The summed E-state index contributed by atoms with van der Waals surface area (Å²) in [5.41, 5.74) is 0.566. The summed E-state index contributed by atoms with van der Waals surface area (Å²) >= 11 is 0. The quantitative estimate of drug-likeness (QED) is 0.778. The lowest BCUT2D eigenvalue weighted by atomic mass is 10.0. The van der Waals surface area contributed by atoms with E-state index in [-0.39, 0.29) is 23.4 Å². The Bertz CT molecular complexity index is 931. The Morgan fingerprint density at radius 1 is 1.34 bits per heavy atom. The average Bonchev–Trinajstić information content (AvgIpc) is 3.31. The molecule has 2 aromatic heterocycles. The van der Waals surface area contributed by atoms with E-state index in [9.17, 15) is 22.8 Å². The summed E-state index contributed by atoms with van der Waals surface area (Å²) in [6.45, 7) is 2.28. The van der Waals surface area contributed by atoms with Crippen molar-refractivity contribution in [1.82, 2.24) is 10.1 Å². The molecule has 0 aliphatic carbocycles. The molecule has 0 unspecified atom stereocenters. The largest absolute Gasteiger partial charge is 0.391 e. The number of nitrogens with one attached hydrogen (secondary N) is 1. The Labute approximate surface area is 163 Å². The van der Waals surface area contributed by atoms with Gasteiger partial charge in [-0.05, 0) is 18.6 Å². The molecule has 2 amide bonds. The Balaban J connectivity index is 1.63. The van der Waals surface area contributed by atoms with Crippen LogP contribution in [-0.4, -0.2) is 47.3 Å². The summed E-state index contributed by atoms with van der Waals surface area (Å²) in [5, 5.41) is 6.25. The van der Waals surface area contributed by atoms with Crippen molar-refractivity contribution in [2.75, 3.05) is 28.2 Å². The van der Waals surface area contributed by atoms with Gasteiger partial charge in [0.1, 0.15) is 12.0 Å². The molecule has 4 rings (SSSR count). The number of hydrogen-bond donors (Lipinski definition) is 1. The van der Waals surface area contributed by atoms with Crippen LogP contribution in [0.2, 0.25) is 0 Å². The van der Waals surface area contributed by atoms with Crippen LogP contribution in [0.5, 0.6) is 0 Å². The van der Waals surface area contributed by atoms with Gasteiger partial charge in [-0.3, -0.25) is 15.0 Å². The fourth-order valence-corrected chi connectivity index (χ4v) is 3.57. The molecule has 1 N–H and O–H groups in total. The van der Waals surface area contributed by atoms with Crippen LogP contribution in [0, 0.1) is 5.92 Å². The fraction of sp³-hybridized carbons (Fsp3) is 0.444. The number of rotatable bonds is 4. The summed E-state index contributed by atoms with van der Waals surface area (Å²) in [6.07, 6.45) is -3.14. The SMILES string of the molecule is C[C@@H](CC(=O)c1ccc2c(n1)N(C(=O)Nc1ccon1)[C@H]1CCN2C1)C(F)(F)F. The third-order valence-corrected chi connectivity index (χ3v) is 5.18. The smallest absolute Gasteiger partial charge is 0.366 e. The molecule has 8 nitrogen and oxygen atoms in total. The Hall–Kier alpha value is -3.11. The molecule has 0 saturated carbocycles. The molecule has 2 aliphatic heterocycles. The molecule has 1 fully saturated rings. The summed E-state index contributed by atoms with van der Waals surface area (Å²) in [4.78, 5) is 33.0. The van der Waals surface area contributed by atoms with E-state index in [2.05, 4.69) is 15.5 Å². The molecule has 0 aromatic carbocycles. The highest BCUT2D eigenvalue weighted by atomic mass is 19.4. The van der Waals surface area contributed by atoms with Gasteiger partial charge >= 0.3 is 12.2 Å². The molecule has 2 aromatic rings. The summed E-state index contributed by atoms with van der Waals surface area (Å²) < 4.78 is 43.1. The second-order valence-electron chi connectivity index (χ2n) is 7.18. The van der Waals surface area contributed by atoms with Crippen LogP contribution < -0.4 is 15.1 Å². The predicted molar refractivity (Wildman–Crippen MR) is 97.0 cm³/mol. The minimum Gasteiger partial charge on any atom is -0.366 e. The number of urea groups is 1. The Kier molecular flexibility index (Phi) is 4.67. The summed E-state index contributed by atoms with van der Waals surface area (Å²) in [7, 11) is 0. The maximum atomic E-state index is 12.8. The zero-order valence-electron chi connectivity index (χ0n) is 15.4. The zero-order chi connectivity index (χ0) is 20.8. The van der Waals surface area contributed by atoms with Crippen LogP contribution in [-0.2, 0) is 0 Å². The molecular formula is C18H18F3N5O3. The number of carbonyl (C=O) groups is 2. The molecule has 11 heteroatoms. The lowest BCUT2D eigenvalue weighted by Crippen LogP contribution is -2.48. The lowest BCUT2D eigenvalue weighted by Gasteiger charge is -2.35. The molecule has 2 atom stereocenters. The van der Waals surface area contributed by atoms with Crippen molar-refractivity contribution >= 4 is 29.1 Å². The highest BCUT2D eigenvalue weighted by Gasteiger charge is 2.41. The lowest BCUT2D eigenvalue weighted by molar-refractivity contribution is -0.168. The minimum atomic E-state index is -4.46. The van der Waals surface area contributed by atoms with Gasteiger partial charge < -0.3 is 9.42 Å². The van der Waals surface area contributed by atoms with Crippen molar-refractivity contribution in [3.8, 4) is 0 Å². The molecule has 154 valence electrons. The van der Waals surface area contributed by atoms with Gasteiger partial charge in [0, 0.05) is 25.6 Å². The van der Waals surface area contributed by atoms with E-state index in [4.69, 9.17) is 4.52 Å². The van der Waals surface area contributed by atoms with Gasteiger partial charge in [0.15, 0.2) is 17.4 Å². The number of Topliss-reactive ketones (excluding diaryl/α,β-unsaturated/α-hetero) is 1. The first-order valence-electron chi connectivity index (χ1n) is 9.10. The van der Waals surface area contributed by atoms with E-state index in [1.807, 2.05) is 4.90 Å². The van der Waals surface area contributed by atoms with Crippen molar-refractivity contribution in [3.05, 3.63) is 30.2 Å². The predicted octanol–water partition coefficient (Wildman–Crippen LogP) is 3.47. The maximum Gasteiger partial charge on any atom is 0.391 e. The van der Waals surface area contributed by atoms with E-state index < -0.39 is 30.3 Å². The van der Waals surface area contributed by atoms with Crippen LogP contribution in [0.1, 0.15) is 30.3 Å². The van der Waals surface area contributed by atoms with E-state index in [0.717, 1.165) is 6.92 Å². The third kappa shape index (κ3) is 3.64. The van der Waals surface area contributed by atoms with Crippen molar-refractivity contribution in [2.45, 2.75) is 32.0 Å². The van der Waals surface area contributed by atoms with Crippen LogP contribution in [0.15, 0.2) is 29.0 Å². The molecule has 0 radical (unpaired) electrons. The molecule has 0 spiro atoms. The number of amides is 2. The number of anilines is 3. The van der Waals surface area contributed by atoms with Gasteiger partial charge in [-0.1, -0.05) is 12.1 Å². The number of pyridine rings is 1. The monoisotopic (exact) mass is 409 g/mol. The van der Waals surface area contributed by atoms with Crippen LogP contribution in [0.3, 0.4) is 0 Å². The third-order valence-electron chi connectivity index (χ3n) is 5.18. The van der Waals surface area contributed by atoms with Gasteiger partial charge in [-0.25, -0.2) is 9.78 Å². The second kappa shape index (κ2) is 7.05. The molecule has 4 heterocycles. The highest BCUT2D eigenvalue weighted by molar-refractivity contribution is 6.05. The van der Waals surface area contributed by atoms with Gasteiger partial charge in [0.25, 0.3) is 0 Å². The van der Waals surface area contributed by atoms with Gasteiger partial charge in [0.2, 0.25) is 0 Å². The number of carbonyl (C=O) groups excluding carboxylic acids is 2. The highest BCUT2D eigenvalue weighted by Crippen LogP contribution is 2.39. The topological polar surface area (TPSA) is 91.6 Å². The molecular weight excluding hydrogens is 391 g/mol. The Morgan fingerprint density at radius 3 is 2.83 bits per heavy atom. The first-order valence-corrected chi connectivity index (χ1v) is 9.10. The first kappa shape index (κ1) is 19.2. The van der Waals surface area contributed by atoms with Crippen LogP contribution in [0.4, 0.5) is 35.3 Å². The minimum absolute atomic E-state index is 0.0958.